The molecule has 0 radical (unpaired) electrons. The molecule has 15 heavy (non-hydrogen) atoms. The number of amides is 1. The number of ether oxygens (including phenoxy) is 1. The standard InChI is InChI=1S/C10H22N2O2.ClH/c1-9(2,12)6-5-7-10(3,4)14-8(11)13;/h5-7,12H2,1-4H3,(H2,11,13);1H. The highest BCUT2D eigenvalue weighted by Crippen LogP contribution is 2.20. The van der Waals surface area contributed by atoms with Crippen molar-refractivity contribution in [1.29, 1.82) is 0 Å². The maximum absolute atomic E-state index is 10.6. The average molecular weight is 239 g/mol. The first-order valence-corrected chi connectivity index (χ1v) is 4.90. The van der Waals surface area contributed by atoms with E-state index in [2.05, 4.69) is 0 Å². The lowest BCUT2D eigenvalue weighted by molar-refractivity contribution is 0.0364. The minimum atomic E-state index is -0.720. The van der Waals surface area contributed by atoms with E-state index in [0.717, 1.165) is 19.3 Å². The van der Waals surface area contributed by atoms with Crippen LogP contribution < -0.4 is 11.5 Å². The molecule has 0 saturated heterocycles. The van der Waals surface area contributed by atoms with Crippen LogP contribution in [0.2, 0.25) is 0 Å². The van der Waals surface area contributed by atoms with Gasteiger partial charge < -0.3 is 16.2 Å². The highest BCUT2D eigenvalue weighted by Gasteiger charge is 2.22. The Bertz CT molecular complexity index is 200. The number of rotatable bonds is 5. The summed E-state index contributed by atoms with van der Waals surface area (Å²) >= 11 is 0. The molecular formula is C10H23ClN2O2. The van der Waals surface area contributed by atoms with Crippen LogP contribution in [0.15, 0.2) is 0 Å². The first-order chi connectivity index (χ1) is 6.12. The van der Waals surface area contributed by atoms with Crippen molar-refractivity contribution in [2.75, 3.05) is 0 Å². The molecule has 0 aliphatic rings. The summed E-state index contributed by atoms with van der Waals surface area (Å²) in [6, 6.07) is 0. The van der Waals surface area contributed by atoms with Crippen LogP contribution in [0.25, 0.3) is 0 Å². The van der Waals surface area contributed by atoms with Crippen LogP contribution in [0, 0.1) is 0 Å². The second-order valence-electron chi connectivity index (χ2n) is 5.02. The van der Waals surface area contributed by atoms with E-state index in [1.54, 1.807) is 0 Å². The number of carbonyl (C=O) groups is 1. The number of carbonyl (C=O) groups excluding carboxylic acids is 1. The van der Waals surface area contributed by atoms with Gasteiger partial charge in [-0.2, -0.15) is 0 Å². The second kappa shape index (κ2) is 6.18. The first-order valence-electron chi connectivity index (χ1n) is 4.90. The Morgan fingerprint density at radius 2 is 1.67 bits per heavy atom. The van der Waals surface area contributed by atoms with Crippen LogP contribution in [-0.4, -0.2) is 17.2 Å². The van der Waals surface area contributed by atoms with Gasteiger partial charge in [-0.3, -0.25) is 0 Å². The van der Waals surface area contributed by atoms with Crippen LogP contribution in [0.4, 0.5) is 4.79 Å². The van der Waals surface area contributed by atoms with Crippen molar-refractivity contribution in [1.82, 2.24) is 0 Å². The molecule has 0 heterocycles. The molecule has 1 amide bonds. The van der Waals surface area contributed by atoms with Crippen molar-refractivity contribution in [2.45, 2.75) is 58.1 Å². The Morgan fingerprint density at radius 3 is 2.00 bits per heavy atom. The van der Waals surface area contributed by atoms with Gasteiger partial charge in [0.05, 0.1) is 0 Å². The van der Waals surface area contributed by atoms with Gasteiger partial charge in [-0.05, 0) is 47.0 Å². The Balaban J connectivity index is 0. The van der Waals surface area contributed by atoms with E-state index < -0.39 is 11.7 Å². The largest absolute Gasteiger partial charge is 0.444 e. The van der Waals surface area contributed by atoms with Crippen molar-refractivity contribution in [3.63, 3.8) is 0 Å². The summed E-state index contributed by atoms with van der Waals surface area (Å²) in [5.41, 5.74) is 10.1. The summed E-state index contributed by atoms with van der Waals surface area (Å²) in [4.78, 5) is 10.6. The van der Waals surface area contributed by atoms with E-state index in [1.165, 1.54) is 0 Å². The summed E-state index contributed by atoms with van der Waals surface area (Å²) in [6.45, 7) is 7.66. The monoisotopic (exact) mass is 238 g/mol. The summed E-state index contributed by atoms with van der Waals surface area (Å²) < 4.78 is 4.95. The smallest absolute Gasteiger partial charge is 0.405 e. The Labute approximate surface area is 98.1 Å². The summed E-state index contributed by atoms with van der Waals surface area (Å²) in [7, 11) is 0. The molecule has 0 aliphatic carbocycles. The maximum Gasteiger partial charge on any atom is 0.405 e. The van der Waals surface area contributed by atoms with Crippen LogP contribution >= 0.6 is 12.4 Å². The average Bonchev–Trinajstić information content (AvgIpc) is 1.78. The molecule has 0 unspecified atom stereocenters. The van der Waals surface area contributed by atoms with Gasteiger partial charge in [0.15, 0.2) is 0 Å². The number of hydrogen-bond acceptors (Lipinski definition) is 3. The lowest BCUT2D eigenvalue weighted by Crippen LogP contribution is -2.34. The third-order valence-corrected chi connectivity index (χ3v) is 1.98. The minimum Gasteiger partial charge on any atom is -0.444 e. The normalized spacial score (nSPS) is 11.8. The van der Waals surface area contributed by atoms with Gasteiger partial charge in [0.25, 0.3) is 0 Å². The topological polar surface area (TPSA) is 78.3 Å². The first kappa shape index (κ1) is 16.9. The predicted octanol–water partition coefficient (Wildman–Crippen LogP) is 2.19. The van der Waals surface area contributed by atoms with Gasteiger partial charge >= 0.3 is 6.09 Å². The van der Waals surface area contributed by atoms with Crippen molar-refractivity contribution in [2.24, 2.45) is 11.5 Å². The fraction of sp³-hybridized carbons (Fsp3) is 0.900. The molecule has 0 aromatic rings. The molecule has 0 aromatic carbocycles. The number of hydrogen-bond donors (Lipinski definition) is 2. The molecule has 0 spiro atoms. The van der Waals surface area contributed by atoms with E-state index in [-0.39, 0.29) is 17.9 Å². The lowest BCUT2D eigenvalue weighted by atomic mass is 9.94. The minimum absolute atomic E-state index is 0. The quantitative estimate of drug-likeness (QED) is 0.771. The van der Waals surface area contributed by atoms with Gasteiger partial charge in [-0.25, -0.2) is 4.79 Å². The predicted molar refractivity (Wildman–Crippen MR) is 64.1 cm³/mol. The van der Waals surface area contributed by atoms with Gasteiger partial charge in [0, 0.05) is 5.54 Å². The van der Waals surface area contributed by atoms with Crippen molar-refractivity contribution in [3.8, 4) is 0 Å². The van der Waals surface area contributed by atoms with Crippen LogP contribution in [0.5, 0.6) is 0 Å². The molecule has 4 N–H and O–H groups in total. The molecule has 0 aromatic heterocycles. The molecule has 4 nitrogen and oxygen atoms in total. The second-order valence-corrected chi connectivity index (χ2v) is 5.02. The Kier molecular flexibility index (Phi) is 6.97. The van der Waals surface area contributed by atoms with Crippen molar-refractivity contribution >= 4 is 18.5 Å². The van der Waals surface area contributed by atoms with Crippen LogP contribution in [0.3, 0.4) is 0 Å². The number of primary amides is 1. The van der Waals surface area contributed by atoms with Gasteiger partial charge in [-0.15, -0.1) is 12.4 Å². The zero-order valence-electron chi connectivity index (χ0n) is 10.0. The molecular weight excluding hydrogens is 216 g/mol. The van der Waals surface area contributed by atoms with E-state index in [4.69, 9.17) is 16.2 Å². The van der Waals surface area contributed by atoms with Gasteiger partial charge in [-0.1, -0.05) is 0 Å². The van der Waals surface area contributed by atoms with Gasteiger partial charge in [0.1, 0.15) is 5.60 Å². The van der Waals surface area contributed by atoms with E-state index in [9.17, 15) is 4.79 Å². The third-order valence-electron chi connectivity index (χ3n) is 1.98. The number of halogens is 1. The molecule has 0 saturated carbocycles. The molecule has 0 fully saturated rings. The molecule has 92 valence electrons. The van der Waals surface area contributed by atoms with Crippen molar-refractivity contribution in [3.05, 3.63) is 0 Å². The summed E-state index contributed by atoms with van der Waals surface area (Å²) in [6.07, 6.45) is 1.88. The van der Waals surface area contributed by atoms with E-state index >= 15 is 0 Å². The lowest BCUT2D eigenvalue weighted by Gasteiger charge is -2.26. The molecule has 0 atom stereocenters. The SMILES string of the molecule is CC(C)(N)CCCC(C)(C)OC(N)=O.Cl. The summed E-state index contributed by atoms with van der Waals surface area (Å²) in [5.74, 6) is 0. The Hall–Kier alpha value is -0.480. The third kappa shape index (κ3) is 11.4. The van der Waals surface area contributed by atoms with E-state index in [1.807, 2.05) is 27.7 Å². The fourth-order valence-electron chi connectivity index (χ4n) is 1.29. The number of nitrogens with two attached hydrogens (primary N) is 2. The van der Waals surface area contributed by atoms with Crippen molar-refractivity contribution < 1.29 is 9.53 Å². The molecule has 5 heteroatoms. The van der Waals surface area contributed by atoms with E-state index in [0.29, 0.717) is 0 Å². The maximum atomic E-state index is 10.6. The molecule has 0 bridgehead atoms. The highest BCUT2D eigenvalue weighted by molar-refractivity contribution is 5.85. The summed E-state index contributed by atoms with van der Waals surface area (Å²) in [5, 5.41) is 0. The highest BCUT2D eigenvalue weighted by atomic mass is 35.5. The molecule has 0 rings (SSSR count). The molecule has 0 aliphatic heterocycles. The van der Waals surface area contributed by atoms with Crippen LogP contribution in [0.1, 0.15) is 47.0 Å². The zero-order valence-corrected chi connectivity index (χ0v) is 10.8. The fourth-order valence-corrected chi connectivity index (χ4v) is 1.29. The van der Waals surface area contributed by atoms with Crippen LogP contribution in [-0.2, 0) is 4.74 Å². The Morgan fingerprint density at radius 1 is 1.20 bits per heavy atom. The van der Waals surface area contributed by atoms with Gasteiger partial charge in [0.2, 0.25) is 0 Å². The zero-order chi connectivity index (χ0) is 11.4.